The van der Waals surface area contributed by atoms with Crippen LogP contribution in [0.4, 0.5) is 13.2 Å². The minimum atomic E-state index is -4.21. The van der Waals surface area contributed by atoms with Gasteiger partial charge in [-0.05, 0) is 51.3 Å². The van der Waals surface area contributed by atoms with Crippen LogP contribution < -0.4 is 5.56 Å². The highest BCUT2D eigenvalue weighted by atomic mass is 19.4. The molecule has 2 aliphatic heterocycles. The summed E-state index contributed by atoms with van der Waals surface area (Å²) < 4.78 is 42.8. The van der Waals surface area contributed by atoms with E-state index in [0.717, 1.165) is 0 Å². The minimum Gasteiger partial charge on any atom is -0.338 e. The normalized spacial score (nSPS) is 20.7. The van der Waals surface area contributed by atoms with Crippen LogP contribution >= 0.6 is 0 Å². The van der Waals surface area contributed by atoms with Crippen LogP contribution in [0, 0.1) is 6.92 Å². The molecule has 2 fully saturated rings. The summed E-state index contributed by atoms with van der Waals surface area (Å²) in [5.74, 6) is -0.0402. The van der Waals surface area contributed by atoms with Gasteiger partial charge in [-0.2, -0.15) is 18.3 Å². The van der Waals surface area contributed by atoms with E-state index in [1.54, 1.807) is 35.1 Å². The molecule has 1 amide bonds. The Hall–Kier alpha value is -3.15. The molecule has 33 heavy (non-hydrogen) atoms. The summed E-state index contributed by atoms with van der Waals surface area (Å²) in [7, 11) is 0. The quantitative estimate of drug-likeness (QED) is 0.643. The Balaban J connectivity index is 1.30. The van der Waals surface area contributed by atoms with Crippen molar-refractivity contribution in [2.75, 3.05) is 19.6 Å². The number of nitrogens with one attached hydrogen (secondary N) is 1. The molecule has 3 aromatic rings. The zero-order valence-electron chi connectivity index (χ0n) is 18.0. The zero-order valence-corrected chi connectivity index (χ0v) is 18.0. The van der Waals surface area contributed by atoms with Gasteiger partial charge in [0.15, 0.2) is 0 Å². The van der Waals surface area contributed by atoms with E-state index >= 15 is 0 Å². The highest BCUT2D eigenvalue weighted by Crippen LogP contribution is 2.36. The summed E-state index contributed by atoms with van der Waals surface area (Å²) in [6, 6.07) is 1.80. The van der Waals surface area contributed by atoms with Crippen LogP contribution in [0.15, 0.2) is 29.3 Å². The van der Waals surface area contributed by atoms with E-state index < -0.39 is 12.2 Å². The van der Waals surface area contributed by atoms with Gasteiger partial charge in [-0.1, -0.05) is 0 Å². The van der Waals surface area contributed by atoms with Gasteiger partial charge in [-0.15, -0.1) is 5.10 Å². The van der Waals surface area contributed by atoms with Gasteiger partial charge in [0, 0.05) is 25.3 Å². The number of nitrogens with zero attached hydrogens (tertiary/aromatic N) is 6. The number of hydrogen-bond acceptors (Lipinski definition) is 5. The molecule has 0 bridgehead atoms. The molecule has 5 rings (SSSR count). The maximum atomic E-state index is 13.3. The smallest absolute Gasteiger partial charge is 0.338 e. The summed E-state index contributed by atoms with van der Waals surface area (Å²) in [5, 5.41) is 8.57. The van der Waals surface area contributed by atoms with Crippen molar-refractivity contribution in [1.82, 2.24) is 34.2 Å². The van der Waals surface area contributed by atoms with E-state index in [9.17, 15) is 22.8 Å². The summed E-state index contributed by atoms with van der Waals surface area (Å²) in [5.41, 5.74) is 0.967. The predicted octanol–water partition coefficient (Wildman–Crippen LogP) is 2.15. The van der Waals surface area contributed by atoms with E-state index in [4.69, 9.17) is 0 Å². The van der Waals surface area contributed by atoms with Gasteiger partial charge < -0.3 is 4.90 Å². The van der Waals surface area contributed by atoms with Gasteiger partial charge in [0.05, 0.1) is 17.5 Å². The first-order chi connectivity index (χ1) is 15.7. The molecule has 5 heterocycles. The summed E-state index contributed by atoms with van der Waals surface area (Å²) in [6.07, 6.45) is 0.568. The Labute approximate surface area is 186 Å². The lowest BCUT2D eigenvalue weighted by molar-refractivity contribution is -0.182. The molecule has 0 aromatic carbocycles. The minimum absolute atomic E-state index is 0.145. The van der Waals surface area contributed by atoms with Gasteiger partial charge in [0.25, 0.3) is 11.5 Å². The molecule has 2 saturated heterocycles. The Morgan fingerprint density at radius 3 is 2.67 bits per heavy atom. The summed E-state index contributed by atoms with van der Waals surface area (Å²) in [6.45, 7) is 2.94. The summed E-state index contributed by atoms with van der Waals surface area (Å²) in [4.78, 5) is 31.3. The van der Waals surface area contributed by atoms with Gasteiger partial charge in [0.1, 0.15) is 11.6 Å². The van der Waals surface area contributed by atoms with Gasteiger partial charge >= 0.3 is 6.18 Å². The second-order valence-electron chi connectivity index (χ2n) is 8.63. The molecule has 3 aromatic heterocycles. The van der Waals surface area contributed by atoms with E-state index in [2.05, 4.69) is 15.2 Å². The molecule has 12 heteroatoms. The van der Waals surface area contributed by atoms with Crippen molar-refractivity contribution in [2.45, 2.75) is 50.9 Å². The predicted molar refractivity (Wildman–Crippen MR) is 112 cm³/mol. The number of rotatable bonds is 3. The second kappa shape index (κ2) is 8.01. The molecule has 0 radical (unpaired) electrons. The van der Waals surface area contributed by atoms with Crippen LogP contribution in [-0.2, 0) is 0 Å². The molecular weight excluding hydrogens is 439 g/mol. The van der Waals surface area contributed by atoms with Gasteiger partial charge in [-0.3, -0.25) is 19.5 Å². The zero-order chi connectivity index (χ0) is 23.3. The molecule has 1 N–H and O–H groups in total. The van der Waals surface area contributed by atoms with Gasteiger partial charge in [0.2, 0.25) is 5.95 Å². The van der Waals surface area contributed by atoms with Crippen molar-refractivity contribution in [1.29, 1.82) is 0 Å². The maximum Gasteiger partial charge on any atom is 0.404 e. The number of aromatic nitrogens is 5. The summed E-state index contributed by atoms with van der Waals surface area (Å²) >= 11 is 0. The van der Waals surface area contributed by atoms with Crippen LogP contribution in [0.3, 0.4) is 0 Å². The van der Waals surface area contributed by atoms with E-state index in [0.29, 0.717) is 55.7 Å². The number of alkyl halides is 3. The molecule has 9 nitrogen and oxygen atoms in total. The topological polar surface area (TPSA) is 91.5 Å². The number of fused-ring (bicyclic) bond motifs is 1. The fourth-order valence-electron chi connectivity index (χ4n) is 5.01. The van der Waals surface area contributed by atoms with Crippen LogP contribution in [0.1, 0.15) is 41.7 Å². The fourth-order valence-corrected chi connectivity index (χ4v) is 5.01. The third-order valence-corrected chi connectivity index (χ3v) is 6.72. The number of aromatic amines is 1. The first-order valence-electron chi connectivity index (χ1n) is 11.0. The molecule has 1 atom stereocenters. The van der Waals surface area contributed by atoms with E-state index in [-0.39, 0.29) is 29.9 Å². The average molecular weight is 463 g/mol. The van der Waals surface area contributed by atoms with Crippen LogP contribution in [-0.4, -0.2) is 78.0 Å². The molecule has 2 aliphatic rings. The van der Waals surface area contributed by atoms with Crippen LogP contribution in [0.2, 0.25) is 0 Å². The number of hydrogen-bond donors (Lipinski definition) is 1. The Bertz CT molecular complexity index is 1240. The van der Waals surface area contributed by atoms with Crippen molar-refractivity contribution >= 4 is 11.4 Å². The van der Waals surface area contributed by atoms with Crippen LogP contribution in [0.5, 0.6) is 0 Å². The maximum absolute atomic E-state index is 13.3. The van der Waals surface area contributed by atoms with Crippen molar-refractivity contribution in [3.63, 3.8) is 0 Å². The number of carbonyl (C=O) groups is 1. The highest BCUT2D eigenvalue weighted by Gasteiger charge is 2.48. The van der Waals surface area contributed by atoms with E-state index in [1.165, 1.54) is 15.4 Å². The van der Waals surface area contributed by atoms with Crippen molar-refractivity contribution < 1.29 is 18.0 Å². The average Bonchev–Trinajstić information content (AvgIpc) is 3.52. The van der Waals surface area contributed by atoms with Crippen molar-refractivity contribution in [2.24, 2.45) is 0 Å². The van der Waals surface area contributed by atoms with E-state index in [1.807, 2.05) is 0 Å². The Kier molecular flexibility index (Phi) is 5.26. The van der Waals surface area contributed by atoms with Gasteiger partial charge in [-0.25, -0.2) is 9.20 Å². The standard InChI is InChI=1S/C21H24F3N7O2/c1-13-15(12-25-31(13)20-26-18(32)16-4-2-9-30(16)27-20)19(33)28-10-6-14(7-11-28)29-8-3-5-17(29)21(22,23)24/h2,4,9,12,14,17H,3,5-8,10-11H2,1H3,(H,26,27,32)/t17-/m0/s1. The molecule has 176 valence electrons. The third kappa shape index (κ3) is 3.81. The first-order valence-corrected chi connectivity index (χ1v) is 11.0. The lowest BCUT2D eigenvalue weighted by Crippen LogP contribution is -2.51. The number of piperidine rings is 1. The molecule has 0 spiro atoms. The lowest BCUT2D eigenvalue weighted by atomic mass is 10.0. The third-order valence-electron chi connectivity index (χ3n) is 6.72. The number of H-pyrrole nitrogens is 1. The lowest BCUT2D eigenvalue weighted by Gasteiger charge is -2.39. The molecule has 0 aliphatic carbocycles. The van der Waals surface area contributed by atoms with Crippen molar-refractivity contribution in [3.05, 3.63) is 46.1 Å². The number of carbonyl (C=O) groups excluding carboxylic acids is 1. The highest BCUT2D eigenvalue weighted by molar-refractivity contribution is 5.95. The Morgan fingerprint density at radius 2 is 1.94 bits per heavy atom. The monoisotopic (exact) mass is 463 g/mol. The Morgan fingerprint density at radius 1 is 1.18 bits per heavy atom. The molecule has 0 unspecified atom stereocenters. The first kappa shape index (κ1) is 21.7. The van der Waals surface area contributed by atoms with Crippen molar-refractivity contribution in [3.8, 4) is 5.95 Å². The SMILES string of the molecule is Cc1c(C(=O)N2CCC(N3CCC[C@H]3C(F)(F)F)CC2)cnn1-c1nn2cccc2c(=O)[nH]1. The number of likely N-dealkylation sites (tertiary alicyclic amines) is 2. The molecular formula is C21H24F3N7O2. The fraction of sp³-hybridized carbons (Fsp3) is 0.524. The molecule has 0 saturated carbocycles. The van der Waals surface area contributed by atoms with Crippen LogP contribution in [0.25, 0.3) is 11.5 Å². The number of amides is 1. The number of halogens is 3. The largest absolute Gasteiger partial charge is 0.404 e. The second-order valence-corrected chi connectivity index (χ2v) is 8.63.